The Morgan fingerprint density at radius 2 is 1.96 bits per heavy atom. The highest BCUT2D eigenvalue weighted by molar-refractivity contribution is 7.10. The standard InChI is InChI=1S/C18H19N3OS/c1-12(2)17(16-9-6-10-23-16)19-18(22)15-11-14(20-21-15)13-7-4-3-5-8-13/h3-12,17H,1-2H3,(H,19,22)(H,20,21)/t17-/m0/s1. The Bertz CT molecular complexity index is 763. The van der Waals surface area contributed by atoms with Crippen LogP contribution in [0.1, 0.15) is 35.3 Å². The van der Waals surface area contributed by atoms with E-state index in [1.165, 1.54) is 0 Å². The quantitative estimate of drug-likeness (QED) is 0.736. The van der Waals surface area contributed by atoms with Crippen LogP contribution in [0, 0.1) is 5.92 Å². The Labute approximate surface area is 139 Å². The number of carbonyl (C=O) groups is 1. The number of hydrogen-bond acceptors (Lipinski definition) is 3. The van der Waals surface area contributed by atoms with Gasteiger partial charge in [-0.1, -0.05) is 50.2 Å². The number of rotatable bonds is 5. The summed E-state index contributed by atoms with van der Waals surface area (Å²) in [6.45, 7) is 4.21. The highest BCUT2D eigenvalue weighted by Gasteiger charge is 2.21. The van der Waals surface area contributed by atoms with Gasteiger partial charge < -0.3 is 5.32 Å². The van der Waals surface area contributed by atoms with E-state index in [1.54, 1.807) is 17.4 Å². The second-order valence-corrected chi connectivity index (χ2v) is 6.72. The summed E-state index contributed by atoms with van der Waals surface area (Å²) in [4.78, 5) is 13.7. The van der Waals surface area contributed by atoms with Crippen LogP contribution >= 0.6 is 11.3 Å². The molecule has 1 amide bonds. The van der Waals surface area contributed by atoms with Gasteiger partial charge in [-0.3, -0.25) is 9.89 Å². The number of aromatic nitrogens is 2. The molecule has 23 heavy (non-hydrogen) atoms. The third kappa shape index (κ3) is 3.51. The lowest BCUT2D eigenvalue weighted by atomic mass is 10.0. The molecule has 1 atom stereocenters. The molecule has 3 rings (SSSR count). The molecule has 2 aromatic heterocycles. The van der Waals surface area contributed by atoms with Crippen LogP contribution in [0.5, 0.6) is 0 Å². The van der Waals surface area contributed by atoms with Crippen LogP contribution < -0.4 is 5.32 Å². The highest BCUT2D eigenvalue weighted by atomic mass is 32.1. The summed E-state index contributed by atoms with van der Waals surface area (Å²) in [5, 5.41) is 12.2. The number of carbonyl (C=O) groups excluding carboxylic acids is 1. The average molecular weight is 325 g/mol. The fourth-order valence-electron chi connectivity index (χ4n) is 2.45. The molecule has 0 saturated carbocycles. The van der Waals surface area contributed by atoms with Crippen LogP contribution in [0.25, 0.3) is 11.3 Å². The van der Waals surface area contributed by atoms with Crippen molar-refractivity contribution in [1.82, 2.24) is 15.5 Å². The average Bonchev–Trinajstić information content (AvgIpc) is 3.24. The lowest BCUT2D eigenvalue weighted by Crippen LogP contribution is -2.31. The van der Waals surface area contributed by atoms with Gasteiger partial charge in [-0.05, 0) is 23.4 Å². The number of hydrogen-bond donors (Lipinski definition) is 2. The van der Waals surface area contributed by atoms with Crippen molar-refractivity contribution in [3.63, 3.8) is 0 Å². The van der Waals surface area contributed by atoms with Gasteiger partial charge in [0.1, 0.15) is 5.69 Å². The first-order valence-corrected chi connectivity index (χ1v) is 8.48. The second kappa shape index (κ2) is 6.79. The van der Waals surface area contributed by atoms with Crippen molar-refractivity contribution >= 4 is 17.2 Å². The summed E-state index contributed by atoms with van der Waals surface area (Å²) < 4.78 is 0. The Morgan fingerprint density at radius 3 is 2.61 bits per heavy atom. The SMILES string of the molecule is CC(C)[C@H](NC(=O)c1cc(-c2ccccc2)n[nH]1)c1cccs1. The number of thiophene rings is 1. The molecule has 0 aliphatic carbocycles. The maximum absolute atomic E-state index is 12.5. The summed E-state index contributed by atoms with van der Waals surface area (Å²) in [5.74, 6) is 0.181. The Balaban J connectivity index is 1.77. The molecular formula is C18H19N3OS. The van der Waals surface area contributed by atoms with Crippen LogP contribution in [-0.4, -0.2) is 16.1 Å². The van der Waals surface area contributed by atoms with Crippen LogP contribution in [0.15, 0.2) is 53.9 Å². The zero-order valence-electron chi connectivity index (χ0n) is 13.1. The number of nitrogens with zero attached hydrogens (tertiary/aromatic N) is 1. The first kappa shape index (κ1) is 15.5. The minimum absolute atomic E-state index is 0.00553. The van der Waals surface area contributed by atoms with Crippen LogP contribution in [0.2, 0.25) is 0 Å². The molecule has 1 aromatic carbocycles. The van der Waals surface area contributed by atoms with Crippen molar-refractivity contribution in [2.24, 2.45) is 5.92 Å². The van der Waals surface area contributed by atoms with Gasteiger partial charge in [0.15, 0.2) is 0 Å². The fourth-order valence-corrected chi connectivity index (χ4v) is 3.40. The third-order valence-electron chi connectivity index (χ3n) is 3.70. The van der Waals surface area contributed by atoms with E-state index in [-0.39, 0.29) is 11.9 Å². The van der Waals surface area contributed by atoms with E-state index in [4.69, 9.17) is 0 Å². The van der Waals surface area contributed by atoms with Gasteiger partial charge in [0.05, 0.1) is 11.7 Å². The molecule has 0 spiro atoms. The van der Waals surface area contributed by atoms with E-state index in [0.717, 1.165) is 16.1 Å². The van der Waals surface area contributed by atoms with Crippen molar-refractivity contribution in [2.45, 2.75) is 19.9 Å². The van der Waals surface area contributed by atoms with Gasteiger partial charge in [-0.15, -0.1) is 11.3 Å². The molecule has 0 aliphatic heterocycles. The lowest BCUT2D eigenvalue weighted by molar-refractivity contribution is 0.0921. The van der Waals surface area contributed by atoms with E-state index >= 15 is 0 Å². The van der Waals surface area contributed by atoms with Gasteiger partial charge in [0.25, 0.3) is 5.91 Å². The van der Waals surface area contributed by atoms with E-state index in [0.29, 0.717) is 11.6 Å². The minimum Gasteiger partial charge on any atom is -0.343 e. The number of H-pyrrole nitrogens is 1. The molecule has 2 N–H and O–H groups in total. The zero-order chi connectivity index (χ0) is 16.2. The molecule has 0 bridgehead atoms. The molecule has 0 aliphatic rings. The molecule has 3 aromatic rings. The lowest BCUT2D eigenvalue weighted by Gasteiger charge is -2.20. The number of nitrogens with one attached hydrogen (secondary N) is 2. The van der Waals surface area contributed by atoms with E-state index < -0.39 is 0 Å². The molecule has 4 nitrogen and oxygen atoms in total. The Kier molecular flexibility index (Phi) is 4.57. The monoisotopic (exact) mass is 325 g/mol. The van der Waals surface area contributed by atoms with Gasteiger partial charge in [-0.25, -0.2) is 0 Å². The Morgan fingerprint density at radius 1 is 1.17 bits per heavy atom. The molecule has 2 heterocycles. The summed E-state index contributed by atoms with van der Waals surface area (Å²) in [5.41, 5.74) is 2.24. The predicted octanol–water partition coefficient (Wildman–Crippen LogP) is 4.27. The fraction of sp³-hybridized carbons (Fsp3) is 0.222. The minimum atomic E-state index is -0.133. The van der Waals surface area contributed by atoms with Crippen molar-refractivity contribution in [1.29, 1.82) is 0 Å². The first-order valence-electron chi connectivity index (χ1n) is 7.60. The maximum Gasteiger partial charge on any atom is 0.269 e. The summed E-state index contributed by atoms with van der Waals surface area (Å²) >= 11 is 1.66. The summed E-state index contributed by atoms with van der Waals surface area (Å²) in [6, 6.07) is 15.7. The molecule has 5 heteroatoms. The molecule has 0 unspecified atom stereocenters. The first-order chi connectivity index (χ1) is 11.1. The number of benzene rings is 1. The molecule has 0 radical (unpaired) electrons. The smallest absolute Gasteiger partial charge is 0.269 e. The van der Waals surface area contributed by atoms with Crippen LogP contribution in [0.4, 0.5) is 0 Å². The van der Waals surface area contributed by atoms with E-state index in [1.807, 2.05) is 41.8 Å². The van der Waals surface area contributed by atoms with Crippen molar-refractivity contribution in [3.8, 4) is 11.3 Å². The van der Waals surface area contributed by atoms with Gasteiger partial charge in [0.2, 0.25) is 0 Å². The number of aromatic amines is 1. The number of amides is 1. The van der Waals surface area contributed by atoms with Gasteiger partial charge in [0, 0.05) is 10.4 Å². The zero-order valence-corrected chi connectivity index (χ0v) is 13.9. The largest absolute Gasteiger partial charge is 0.343 e. The van der Waals surface area contributed by atoms with E-state index in [2.05, 4.69) is 35.4 Å². The summed E-state index contributed by atoms with van der Waals surface area (Å²) in [7, 11) is 0. The van der Waals surface area contributed by atoms with Gasteiger partial charge >= 0.3 is 0 Å². The van der Waals surface area contributed by atoms with Crippen molar-refractivity contribution in [3.05, 3.63) is 64.5 Å². The molecule has 0 saturated heterocycles. The third-order valence-corrected chi connectivity index (χ3v) is 4.65. The topological polar surface area (TPSA) is 57.8 Å². The normalized spacial score (nSPS) is 12.3. The van der Waals surface area contributed by atoms with E-state index in [9.17, 15) is 4.79 Å². The van der Waals surface area contributed by atoms with Crippen molar-refractivity contribution < 1.29 is 4.79 Å². The van der Waals surface area contributed by atoms with Crippen molar-refractivity contribution in [2.75, 3.05) is 0 Å². The molecule has 0 fully saturated rings. The maximum atomic E-state index is 12.5. The second-order valence-electron chi connectivity index (χ2n) is 5.74. The predicted molar refractivity (Wildman–Crippen MR) is 93.4 cm³/mol. The van der Waals surface area contributed by atoms with Crippen LogP contribution in [-0.2, 0) is 0 Å². The molecule has 118 valence electrons. The van der Waals surface area contributed by atoms with Crippen LogP contribution in [0.3, 0.4) is 0 Å². The van der Waals surface area contributed by atoms with Gasteiger partial charge in [-0.2, -0.15) is 5.10 Å². The highest BCUT2D eigenvalue weighted by Crippen LogP contribution is 2.26. The Hall–Kier alpha value is -2.40. The summed E-state index contributed by atoms with van der Waals surface area (Å²) in [6.07, 6.45) is 0. The molecular weight excluding hydrogens is 306 g/mol.